The minimum Gasteiger partial charge on any atom is -0.334 e. The lowest BCUT2D eigenvalue weighted by Gasteiger charge is -2.16. The first-order valence-corrected chi connectivity index (χ1v) is 9.50. The number of amides is 1. The van der Waals surface area contributed by atoms with E-state index in [9.17, 15) is 4.79 Å². The van der Waals surface area contributed by atoms with Crippen LogP contribution in [0, 0.1) is 0 Å². The van der Waals surface area contributed by atoms with E-state index in [2.05, 4.69) is 48.3 Å². The van der Waals surface area contributed by atoms with Crippen molar-refractivity contribution in [3.05, 3.63) is 65.5 Å². The number of carbonyl (C=O) groups is 1. The third kappa shape index (κ3) is 3.50. The standard InChI is InChI=1S/C22H23N3O2/c1-3-15-5-9-17(10-6-15)22-23-21(24-27-22)18-13-20(26)25(14-18)19-11-7-16(4-2)8-12-19/h5-12,18H,3-4,13-14H2,1-2H3/t18-/m1/s1. The normalized spacial score (nSPS) is 16.9. The minimum absolute atomic E-state index is 0.0456. The molecule has 1 atom stereocenters. The topological polar surface area (TPSA) is 59.2 Å². The molecule has 4 rings (SSSR count). The van der Waals surface area contributed by atoms with Crippen LogP contribution in [0.4, 0.5) is 5.69 Å². The lowest BCUT2D eigenvalue weighted by molar-refractivity contribution is -0.117. The SMILES string of the molecule is CCc1ccc(-c2nc([C@@H]3CC(=O)N(c4ccc(CC)cc4)C3)no2)cc1. The zero-order valence-corrected chi connectivity index (χ0v) is 15.7. The molecular weight excluding hydrogens is 338 g/mol. The number of hydrogen-bond donors (Lipinski definition) is 0. The van der Waals surface area contributed by atoms with Crippen LogP contribution < -0.4 is 4.90 Å². The zero-order valence-electron chi connectivity index (χ0n) is 15.7. The van der Waals surface area contributed by atoms with Gasteiger partial charge in [0.1, 0.15) is 0 Å². The maximum Gasteiger partial charge on any atom is 0.257 e. The summed E-state index contributed by atoms with van der Waals surface area (Å²) in [5.74, 6) is 1.16. The highest BCUT2D eigenvalue weighted by Gasteiger charge is 2.34. The monoisotopic (exact) mass is 361 g/mol. The fourth-order valence-electron chi connectivity index (χ4n) is 3.44. The summed E-state index contributed by atoms with van der Waals surface area (Å²) in [4.78, 5) is 18.9. The smallest absolute Gasteiger partial charge is 0.257 e. The van der Waals surface area contributed by atoms with Crippen LogP contribution in [0.1, 0.15) is 43.1 Å². The summed E-state index contributed by atoms with van der Waals surface area (Å²) in [6.07, 6.45) is 2.39. The fourth-order valence-corrected chi connectivity index (χ4v) is 3.44. The van der Waals surface area contributed by atoms with E-state index in [1.165, 1.54) is 11.1 Å². The molecule has 1 amide bonds. The van der Waals surface area contributed by atoms with E-state index >= 15 is 0 Å². The van der Waals surface area contributed by atoms with E-state index in [0.29, 0.717) is 24.7 Å². The molecule has 5 nitrogen and oxygen atoms in total. The van der Waals surface area contributed by atoms with Crippen LogP contribution >= 0.6 is 0 Å². The number of nitrogens with zero attached hydrogens (tertiary/aromatic N) is 3. The molecule has 0 saturated carbocycles. The predicted molar refractivity (Wildman–Crippen MR) is 105 cm³/mol. The van der Waals surface area contributed by atoms with Gasteiger partial charge in [-0.1, -0.05) is 43.3 Å². The van der Waals surface area contributed by atoms with Crippen molar-refractivity contribution >= 4 is 11.6 Å². The Bertz CT molecular complexity index is 929. The number of rotatable bonds is 5. The molecule has 3 aromatic rings. The first-order valence-electron chi connectivity index (χ1n) is 9.50. The molecule has 27 heavy (non-hydrogen) atoms. The Morgan fingerprint density at radius 3 is 2.26 bits per heavy atom. The summed E-state index contributed by atoms with van der Waals surface area (Å²) < 4.78 is 5.45. The maximum atomic E-state index is 12.5. The fraction of sp³-hybridized carbons (Fsp3) is 0.318. The molecule has 2 heterocycles. The second-order valence-electron chi connectivity index (χ2n) is 6.93. The number of carbonyl (C=O) groups excluding carboxylic acids is 1. The van der Waals surface area contributed by atoms with Gasteiger partial charge in [-0.25, -0.2) is 0 Å². The van der Waals surface area contributed by atoms with Crippen LogP contribution in [0.3, 0.4) is 0 Å². The maximum absolute atomic E-state index is 12.5. The van der Waals surface area contributed by atoms with Crippen LogP contribution in [0.5, 0.6) is 0 Å². The Hall–Kier alpha value is -2.95. The molecule has 0 spiro atoms. The van der Waals surface area contributed by atoms with Crippen molar-refractivity contribution in [2.45, 2.75) is 39.0 Å². The first kappa shape index (κ1) is 17.5. The Balaban J connectivity index is 1.51. The van der Waals surface area contributed by atoms with Crippen molar-refractivity contribution in [1.29, 1.82) is 0 Å². The van der Waals surface area contributed by atoms with Crippen LogP contribution in [-0.2, 0) is 17.6 Å². The van der Waals surface area contributed by atoms with Crippen LogP contribution in [0.2, 0.25) is 0 Å². The lowest BCUT2D eigenvalue weighted by Crippen LogP contribution is -2.24. The van der Waals surface area contributed by atoms with E-state index in [1.54, 1.807) is 0 Å². The molecule has 0 N–H and O–H groups in total. The van der Waals surface area contributed by atoms with E-state index in [1.807, 2.05) is 29.2 Å². The molecule has 0 aliphatic carbocycles. The van der Waals surface area contributed by atoms with E-state index in [4.69, 9.17) is 4.52 Å². The second kappa shape index (κ2) is 7.35. The molecule has 1 aliphatic heterocycles. The van der Waals surface area contributed by atoms with Gasteiger partial charge in [0.05, 0.1) is 0 Å². The Kier molecular flexibility index (Phi) is 4.75. The van der Waals surface area contributed by atoms with Crippen molar-refractivity contribution in [3.8, 4) is 11.5 Å². The molecule has 0 unspecified atom stereocenters. The van der Waals surface area contributed by atoms with E-state index < -0.39 is 0 Å². The largest absolute Gasteiger partial charge is 0.334 e. The van der Waals surface area contributed by atoms with Crippen LogP contribution in [0.25, 0.3) is 11.5 Å². The number of hydrogen-bond acceptors (Lipinski definition) is 4. The molecule has 138 valence electrons. The van der Waals surface area contributed by atoms with Crippen LogP contribution in [-0.4, -0.2) is 22.6 Å². The summed E-state index contributed by atoms with van der Waals surface area (Å²) in [5.41, 5.74) is 4.37. The molecule has 0 radical (unpaired) electrons. The highest BCUT2D eigenvalue weighted by Crippen LogP contribution is 2.31. The molecule has 2 aromatic carbocycles. The molecular formula is C22H23N3O2. The highest BCUT2D eigenvalue weighted by molar-refractivity contribution is 5.96. The average Bonchev–Trinajstić information content (AvgIpc) is 3.35. The molecule has 1 aliphatic rings. The summed E-state index contributed by atoms with van der Waals surface area (Å²) in [7, 11) is 0. The molecule has 0 bridgehead atoms. The third-order valence-electron chi connectivity index (χ3n) is 5.20. The predicted octanol–water partition coefficient (Wildman–Crippen LogP) is 4.38. The van der Waals surface area contributed by atoms with Crippen molar-refractivity contribution in [1.82, 2.24) is 10.1 Å². The second-order valence-corrected chi connectivity index (χ2v) is 6.93. The van der Waals surface area contributed by atoms with Gasteiger partial charge in [-0.3, -0.25) is 4.79 Å². The summed E-state index contributed by atoms with van der Waals surface area (Å²) in [6, 6.07) is 16.3. The number of aryl methyl sites for hydroxylation is 2. The van der Waals surface area contributed by atoms with Crippen molar-refractivity contribution in [2.24, 2.45) is 0 Å². The van der Waals surface area contributed by atoms with Gasteiger partial charge >= 0.3 is 0 Å². The van der Waals surface area contributed by atoms with Gasteiger partial charge in [-0.15, -0.1) is 0 Å². The van der Waals surface area contributed by atoms with E-state index in [0.717, 1.165) is 24.1 Å². The van der Waals surface area contributed by atoms with Gasteiger partial charge in [0.15, 0.2) is 5.82 Å². The van der Waals surface area contributed by atoms with Gasteiger partial charge in [0, 0.05) is 30.1 Å². The van der Waals surface area contributed by atoms with Gasteiger partial charge in [0.2, 0.25) is 5.91 Å². The van der Waals surface area contributed by atoms with Crippen LogP contribution in [0.15, 0.2) is 53.1 Å². The Morgan fingerprint density at radius 2 is 1.63 bits per heavy atom. The Labute approximate surface area is 159 Å². The summed E-state index contributed by atoms with van der Waals surface area (Å²) in [5, 5.41) is 4.14. The van der Waals surface area contributed by atoms with Crippen molar-refractivity contribution in [2.75, 3.05) is 11.4 Å². The molecule has 1 fully saturated rings. The molecule has 5 heteroatoms. The Morgan fingerprint density at radius 1 is 1.00 bits per heavy atom. The minimum atomic E-state index is -0.0456. The molecule has 1 aromatic heterocycles. The number of benzene rings is 2. The van der Waals surface area contributed by atoms with Gasteiger partial charge in [-0.2, -0.15) is 4.98 Å². The van der Waals surface area contributed by atoms with Gasteiger partial charge in [0.25, 0.3) is 5.89 Å². The quantitative estimate of drug-likeness (QED) is 0.676. The lowest BCUT2D eigenvalue weighted by atomic mass is 10.1. The average molecular weight is 361 g/mol. The third-order valence-corrected chi connectivity index (χ3v) is 5.20. The zero-order chi connectivity index (χ0) is 18.8. The van der Waals surface area contributed by atoms with Crippen molar-refractivity contribution < 1.29 is 9.32 Å². The van der Waals surface area contributed by atoms with E-state index in [-0.39, 0.29) is 11.8 Å². The van der Waals surface area contributed by atoms with Crippen molar-refractivity contribution in [3.63, 3.8) is 0 Å². The van der Waals surface area contributed by atoms with Gasteiger partial charge < -0.3 is 9.42 Å². The highest BCUT2D eigenvalue weighted by atomic mass is 16.5. The molecule has 1 saturated heterocycles. The summed E-state index contributed by atoms with van der Waals surface area (Å²) >= 11 is 0. The number of anilines is 1. The summed E-state index contributed by atoms with van der Waals surface area (Å²) in [6.45, 7) is 4.83. The van der Waals surface area contributed by atoms with Gasteiger partial charge in [-0.05, 0) is 48.2 Å². The number of aromatic nitrogens is 2. The first-order chi connectivity index (χ1) is 13.2.